The molecule has 7 heteroatoms. The Balaban J connectivity index is 1.22. The molecule has 3 aromatic carbocycles. The van der Waals surface area contributed by atoms with Gasteiger partial charge in [0.25, 0.3) is 5.91 Å². The number of halogens is 1. The minimum absolute atomic E-state index is 0.000482. The van der Waals surface area contributed by atoms with Crippen LogP contribution in [0.25, 0.3) is 0 Å². The maximum absolute atomic E-state index is 13.1. The van der Waals surface area contributed by atoms with Crippen molar-refractivity contribution in [2.75, 3.05) is 36.4 Å². The largest absolute Gasteiger partial charge is 0.378 e. The first-order valence-electron chi connectivity index (χ1n) is 11.9. The molecule has 6 nitrogen and oxygen atoms in total. The first kappa shape index (κ1) is 24.4. The fourth-order valence-corrected chi connectivity index (χ4v) is 4.22. The molecular weight excluding hydrogens is 445 g/mol. The number of carbonyl (C=O) groups excluding carboxylic acids is 2. The molecule has 1 heterocycles. The van der Waals surface area contributed by atoms with E-state index in [4.69, 9.17) is 0 Å². The first-order chi connectivity index (χ1) is 17.0. The van der Waals surface area contributed by atoms with Crippen LogP contribution in [0.2, 0.25) is 0 Å². The van der Waals surface area contributed by atoms with Gasteiger partial charge >= 0.3 is 0 Å². The van der Waals surface area contributed by atoms with E-state index < -0.39 is 11.9 Å². The Morgan fingerprint density at radius 1 is 0.886 bits per heavy atom. The number of hydrogen-bond donors (Lipinski definition) is 2. The molecule has 35 heavy (non-hydrogen) atoms. The van der Waals surface area contributed by atoms with Gasteiger partial charge in [-0.15, -0.1) is 0 Å². The fourth-order valence-electron chi connectivity index (χ4n) is 4.22. The average Bonchev–Trinajstić information content (AvgIpc) is 2.89. The predicted molar refractivity (Wildman–Crippen MR) is 135 cm³/mol. The number of aryl methyl sites for hydroxylation is 1. The third-order valence-electron chi connectivity index (χ3n) is 6.24. The molecule has 1 saturated heterocycles. The smallest absolute Gasteiger partial charge is 0.256 e. The Hall–Kier alpha value is -3.71. The van der Waals surface area contributed by atoms with E-state index in [1.165, 1.54) is 29.8 Å². The topological polar surface area (TPSA) is 72.9 Å². The number of benzene rings is 3. The zero-order valence-corrected chi connectivity index (χ0v) is 19.6. The molecule has 0 aliphatic carbocycles. The van der Waals surface area contributed by atoms with Gasteiger partial charge in [-0.2, -0.15) is 0 Å². The minimum Gasteiger partial charge on any atom is -0.378 e. The van der Waals surface area contributed by atoms with Crippen LogP contribution in [0.1, 0.15) is 30.1 Å². The SMILES string of the molecule is O=C(CCCc1ccccc1)Nc1ccc(N2CCN(C(=O)C(O)c3ccc(F)cc3)CC2)cc1. The van der Waals surface area contributed by atoms with Gasteiger partial charge in [0.2, 0.25) is 5.91 Å². The van der Waals surface area contributed by atoms with Crippen molar-refractivity contribution in [3.8, 4) is 0 Å². The van der Waals surface area contributed by atoms with Crippen molar-refractivity contribution in [3.63, 3.8) is 0 Å². The molecule has 0 radical (unpaired) electrons. The zero-order valence-electron chi connectivity index (χ0n) is 19.6. The maximum Gasteiger partial charge on any atom is 0.256 e. The van der Waals surface area contributed by atoms with Crippen LogP contribution >= 0.6 is 0 Å². The summed E-state index contributed by atoms with van der Waals surface area (Å²) in [5.41, 5.74) is 3.39. The van der Waals surface area contributed by atoms with E-state index in [0.29, 0.717) is 38.2 Å². The van der Waals surface area contributed by atoms with E-state index in [2.05, 4.69) is 22.3 Å². The number of anilines is 2. The van der Waals surface area contributed by atoms with Gasteiger partial charge < -0.3 is 20.2 Å². The molecule has 1 aliphatic heterocycles. The van der Waals surface area contributed by atoms with Crippen LogP contribution in [0.4, 0.5) is 15.8 Å². The van der Waals surface area contributed by atoms with Crippen LogP contribution < -0.4 is 10.2 Å². The Morgan fingerprint density at radius 3 is 2.20 bits per heavy atom. The van der Waals surface area contributed by atoms with Crippen LogP contribution in [-0.2, 0) is 16.0 Å². The van der Waals surface area contributed by atoms with Crippen LogP contribution in [0, 0.1) is 5.82 Å². The van der Waals surface area contributed by atoms with Crippen molar-refractivity contribution in [1.82, 2.24) is 4.90 Å². The molecule has 2 N–H and O–H groups in total. The Morgan fingerprint density at radius 2 is 1.54 bits per heavy atom. The summed E-state index contributed by atoms with van der Waals surface area (Å²) in [5, 5.41) is 13.3. The molecule has 4 rings (SSSR count). The Kier molecular flexibility index (Phi) is 8.11. The number of nitrogens with one attached hydrogen (secondary N) is 1. The van der Waals surface area contributed by atoms with Crippen LogP contribution in [0.15, 0.2) is 78.9 Å². The lowest BCUT2D eigenvalue weighted by Crippen LogP contribution is -2.50. The van der Waals surface area contributed by atoms with Gasteiger partial charge in [0.15, 0.2) is 6.10 Å². The molecular formula is C28H30FN3O3. The van der Waals surface area contributed by atoms with Gasteiger partial charge in [-0.1, -0.05) is 42.5 Å². The van der Waals surface area contributed by atoms with Crippen LogP contribution in [0.5, 0.6) is 0 Å². The summed E-state index contributed by atoms with van der Waals surface area (Å²) in [6.45, 7) is 2.23. The van der Waals surface area contributed by atoms with Crippen molar-refractivity contribution < 1.29 is 19.1 Å². The molecule has 2 amide bonds. The van der Waals surface area contributed by atoms with E-state index in [-0.39, 0.29) is 11.8 Å². The number of rotatable bonds is 8. The van der Waals surface area contributed by atoms with E-state index in [1.807, 2.05) is 42.5 Å². The number of carbonyl (C=O) groups is 2. The number of amides is 2. The standard InChI is InChI=1S/C28H30FN3O3/c29-23-11-9-22(10-12-23)27(34)28(35)32-19-17-31(18-20-32)25-15-13-24(14-16-25)30-26(33)8-4-7-21-5-2-1-3-6-21/h1-3,5-6,9-16,27,34H,4,7-8,17-20H2,(H,30,33). The van der Waals surface area contributed by atoms with Crippen molar-refractivity contribution in [2.45, 2.75) is 25.4 Å². The monoisotopic (exact) mass is 475 g/mol. The highest BCUT2D eigenvalue weighted by Crippen LogP contribution is 2.22. The molecule has 1 atom stereocenters. The van der Waals surface area contributed by atoms with Crippen molar-refractivity contribution in [1.29, 1.82) is 0 Å². The summed E-state index contributed by atoms with van der Waals surface area (Å²) < 4.78 is 13.1. The van der Waals surface area contributed by atoms with Crippen molar-refractivity contribution >= 4 is 23.2 Å². The molecule has 0 bridgehead atoms. The van der Waals surface area contributed by atoms with Gasteiger partial charge in [0, 0.05) is 44.0 Å². The Bertz CT molecular complexity index is 1110. The van der Waals surface area contributed by atoms with Crippen molar-refractivity contribution in [3.05, 3.63) is 95.8 Å². The second-order valence-electron chi connectivity index (χ2n) is 8.70. The highest BCUT2D eigenvalue weighted by Gasteiger charge is 2.27. The lowest BCUT2D eigenvalue weighted by molar-refractivity contribution is -0.140. The van der Waals surface area contributed by atoms with E-state index in [9.17, 15) is 19.1 Å². The van der Waals surface area contributed by atoms with Gasteiger partial charge in [-0.05, 0) is 60.4 Å². The normalized spacial score (nSPS) is 14.5. The van der Waals surface area contributed by atoms with Crippen molar-refractivity contribution in [2.24, 2.45) is 0 Å². The summed E-state index contributed by atoms with van der Waals surface area (Å²) in [6.07, 6.45) is 0.851. The molecule has 1 unspecified atom stereocenters. The lowest BCUT2D eigenvalue weighted by Gasteiger charge is -2.37. The summed E-state index contributed by atoms with van der Waals surface area (Å²) in [5.74, 6) is -0.780. The molecule has 0 aromatic heterocycles. The third-order valence-corrected chi connectivity index (χ3v) is 6.24. The lowest BCUT2D eigenvalue weighted by atomic mass is 10.1. The van der Waals surface area contributed by atoms with Gasteiger partial charge in [0.1, 0.15) is 5.82 Å². The highest BCUT2D eigenvalue weighted by atomic mass is 19.1. The molecule has 1 fully saturated rings. The van der Waals surface area contributed by atoms with Crippen LogP contribution in [-0.4, -0.2) is 48.0 Å². The predicted octanol–water partition coefficient (Wildman–Crippen LogP) is 4.17. The van der Waals surface area contributed by atoms with E-state index in [1.54, 1.807) is 4.90 Å². The summed E-state index contributed by atoms with van der Waals surface area (Å²) in [7, 11) is 0. The second kappa shape index (κ2) is 11.6. The Labute approximate surface area is 205 Å². The number of hydrogen-bond acceptors (Lipinski definition) is 4. The number of aliphatic hydroxyl groups is 1. The van der Waals surface area contributed by atoms with Gasteiger partial charge in [-0.3, -0.25) is 9.59 Å². The molecule has 0 saturated carbocycles. The first-order valence-corrected chi connectivity index (χ1v) is 11.9. The summed E-state index contributed by atoms with van der Waals surface area (Å²) >= 11 is 0. The highest BCUT2D eigenvalue weighted by molar-refractivity contribution is 5.90. The minimum atomic E-state index is -1.29. The van der Waals surface area contributed by atoms with E-state index in [0.717, 1.165) is 24.2 Å². The molecule has 1 aliphatic rings. The third kappa shape index (κ3) is 6.67. The zero-order chi connectivity index (χ0) is 24.6. The molecule has 3 aromatic rings. The number of aliphatic hydroxyl groups excluding tert-OH is 1. The fraction of sp³-hybridized carbons (Fsp3) is 0.286. The van der Waals surface area contributed by atoms with Gasteiger partial charge in [0.05, 0.1) is 0 Å². The summed E-state index contributed by atoms with van der Waals surface area (Å²) in [4.78, 5) is 28.7. The summed E-state index contributed by atoms with van der Waals surface area (Å²) in [6, 6.07) is 23.2. The van der Waals surface area contributed by atoms with Crippen LogP contribution in [0.3, 0.4) is 0 Å². The second-order valence-corrected chi connectivity index (χ2v) is 8.70. The van der Waals surface area contributed by atoms with Gasteiger partial charge in [-0.25, -0.2) is 4.39 Å². The maximum atomic E-state index is 13.1. The molecule has 0 spiro atoms. The quantitative estimate of drug-likeness (QED) is 0.513. The van der Waals surface area contributed by atoms with E-state index >= 15 is 0 Å². The average molecular weight is 476 g/mol. The number of piperazine rings is 1. The number of nitrogens with zero attached hydrogens (tertiary/aromatic N) is 2. The molecule has 182 valence electrons.